The monoisotopic (exact) mass is 293 g/mol. The molecule has 0 spiro atoms. The van der Waals surface area contributed by atoms with Gasteiger partial charge in [0.25, 0.3) is 0 Å². The van der Waals surface area contributed by atoms with Gasteiger partial charge < -0.3 is 4.74 Å². The average molecular weight is 293 g/mol. The molecule has 22 heavy (non-hydrogen) atoms. The maximum absolute atomic E-state index is 12.0. The lowest BCUT2D eigenvalue weighted by molar-refractivity contribution is 0.0590. The Bertz CT molecular complexity index is 810. The van der Waals surface area contributed by atoms with E-state index in [1.807, 2.05) is 49.4 Å². The second-order valence-electron chi connectivity index (χ2n) is 4.79. The van der Waals surface area contributed by atoms with Crippen LogP contribution in [0.15, 0.2) is 54.7 Å². The number of rotatable bonds is 3. The molecule has 0 fully saturated rings. The van der Waals surface area contributed by atoms with Crippen molar-refractivity contribution >= 4 is 5.97 Å². The zero-order valence-electron chi connectivity index (χ0n) is 12.4. The molecular weight excluding hydrogens is 278 g/mol. The van der Waals surface area contributed by atoms with Crippen LogP contribution in [0.1, 0.15) is 16.2 Å². The molecule has 110 valence electrons. The van der Waals surface area contributed by atoms with Crippen molar-refractivity contribution in [2.45, 2.75) is 6.92 Å². The summed E-state index contributed by atoms with van der Waals surface area (Å²) in [6.45, 7) is 1.91. The van der Waals surface area contributed by atoms with E-state index < -0.39 is 5.97 Å². The number of pyridine rings is 1. The lowest BCUT2D eigenvalue weighted by atomic mass is 10.1. The third kappa shape index (κ3) is 2.48. The van der Waals surface area contributed by atoms with E-state index in [-0.39, 0.29) is 0 Å². The number of carbonyl (C=O) groups excluding carboxylic acids is 1. The Kier molecular flexibility index (Phi) is 3.70. The smallest absolute Gasteiger partial charge is 0.356 e. The fourth-order valence-electron chi connectivity index (χ4n) is 2.28. The number of nitrogens with zero attached hydrogens (tertiary/aromatic N) is 3. The van der Waals surface area contributed by atoms with Gasteiger partial charge in [-0.3, -0.25) is 4.98 Å². The van der Waals surface area contributed by atoms with Gasteiger partial charge in [0.05, 0.1) is 18.5 Å². The summed E-state index contributed by atoms with van der Waals surface area (Å²) in [6, 6.07) is 15.0. The quantitative estimate of drug-likeness (QED) is 0.696. The molecule has 0 radical (unpaired) electrons. The maximum atomic E-state index is 12.0. The first-order valence-electron chi connectivity index (χ1n) is 6.86. The number of para-hydroxylation sites is 1. The fourth-order valence-corrected chi connectivity index (χ4v) is 2.28. The van der Waals surface area contributed by atoms with Gasteiger partial charge in [-0.25, -0.2) is 9.48 Å². The summed E-state index contributed by atoms with van der Waals surface area (Å²) in [5.41, 5.74) is 3.62. The Morgan fingerprint density at radius 2 is 1.91 bits per heavy atom. The molecule has 3 rings (SSSR count). The number of benzene rings is 1. The van der Waals surface area contributed by atoms with Crippen LogP contribution in [0.3, 0.4) is 0 Å². The molecule has 3 aromatic rings. The highest BCUT2D eigenvalue weighted by atomic mass is 16.5. The van der Waals surface area contributed by atoms with Crippen LogP contribution in [0.25, 0.3) is 16.9 Å². The Labute approximate surface area is 128 Å². The molecule has 0 saturated heterocycles. The summed E-state index contributed by atoms with van der Waals surface area (Å²) in [5, 5.41) is 4.56. The largest absolute Gasteiger partial charge is 0.464 e. The number of aromatic nitrogens is 3. The predicted octanol–water partition coefficient (Wildman–Crippen LogP) is 3.03. The summed E-state index contributed by atoms with van der Waals surface area (Å²) in [6.07, 6.45) is 1.73. The van der Waals surface area contributed by atoms with Crippen LogP contribution < -0.4 is 0 Å². The standard InChI is InChI=1S/C17H15N3O2/c1-12-14(9-6-10-18-12)15-11-16(17(21)22-2)20(19-15)13-7-4-3-5-8-13/h3-11H,1-2H3. The molecule has 0 amide bonds. The molecule has 0 unspecified atom stereocenters. The SMILES string of the molecule is COC(=O)c1cc(-c2cccnc2C)nn1-c1ccccc1. The number of carbonyl (C=O) groups is 1. The first-order chi connectivity index (χ1) is 10.7. The lowest BCUT2D eigenvalue weighted by Crippen LogP contribution is -2.09. The van der Waals surface area contributed by atoms with E-state index >= 15 is 0 Å². The molecule has 0 atom stereocenters. The summed E-state index contributed by atoms with van der Waals surface area (Å²) in [4.78, 5) is 16.3. The first-order valence-corrected chi connectivity index (χ1v) is 6.86. The van der Waals surface area contributed by atoms with Crippen molar-refractivity contribution in [3.63, 3.8) is 0 Å². The molecule has 0 saturated carbocycles. The molecule has 5 nitrogen and oxygen atoms in total. The van der Waals surface area contributed by atoms with Crippen molar-refractivity contribution in [2.75, 3.05) is 7.11 Å². The van der Waals surface area contributed by atoms with E-state index in [9.17, 15) is 4.79 Å². The van der Waals surface area contributed by atoms with Gasteiger partial charge in [-0.05, 0) is 37.3 Å². The number of methoxy groups -OCH3 is 1. The van der Waals surface area contributed by atoms with Gasteiger partial charge in [-0.15, -0.1) is 0 Å². The van der Waals surface area contributed by atoms with Gasteiger partial charge in [0.15, 0.2) is 5.69 Å². The molecule has 2 heterocycles. The van der Waals surface area contributed by atoms with Crippen LogP contribution in [0.5, 0.6) is 0 Å². The van der Waals surface area contributed by atoms with E-state index in [0.717, 1.165) is 16.9 Å². The van der Waals surface area contributed by atoms with Crippen molar-refractivity contribution in [1.82, 2.24) is 14.8 Å². The molecule has 0 aliphatic rings. The topological polar surface area (TPSA) is 57.0 Å². The number of ether oxygens (including phenoxy) is 1. The van der Waals surface area contributed by atoms with E-state index in [2.05, 4.69) is 10.1 Å². The predicted molar refractivity (Wildman–Crippen MR) is 82.9 cm³/mol. The zero-order chi connectivity index (χ0) is 15.5. The second-order valence-corrected chi connectivity index (χ2v) is 4.79. The molecule has 0 N–H and O–H groups in total. The van der Waals surface area contributed by atoms with Crippen molar-refractivity contribution in [2.24, 2.45) is 0 Å². The highest BCUT2D eigenvalue weighted by Gasteiger charge is 2.18. The Balaban J connectivity index is 2.18. The van der Waals surface area contributed by atoms with Crippen LogP contribution in [-0.2, 0) is 4.74 Å². The van der Waals surface area contributed by atoms with E-state index in [0.29, 0.717) is 11.4 Å². The molecule has 5 heteroatoms. The van der Waals surface area contributed by atoms with Crippen LogP contribution in [-0.4, -0.2) is 27.8 Å². The Morgan fingerprint density at radius 1 is 1.14 bits per heavy atom. The van der Waals surface area contributed by atoms with Crippen LogP contribution >= 0.6 is 0 Å². The highest BCUT2D eigenvalue weighted by molar-refractivity contribution is 5.89. The third-order valence-electron chi connectivity index (χ3n) is 3.39. The van der Waals surface area contributed by atoms with Crippen molar-refractivity contribution < 1.29 is 9.53 Å². The van der Waals surface area contributed by atoms with Gasteiger partial charge in [0.2, 0.25) is 0 Å². The second kappa shape index (κ2) is 5.81. The zero-order valence-corrected chi connectivity index (χ0v) is 12.4. The summed E-state index contributed by atoms with van der Waals surface area (Å²) < 4.78 is 6.45. The molecule has 2 aromatic heterocycles. The van der Waals surface area contributed by atoms with Crippen LogP contribution in [0.2, 0.25) is 0 Å². The molecular formula is C17H15N3O2. The van der Waals surface area contributed by atoms with Crippen LogP contribution in [0.4, 0.5) is 0 Å². The minimum absolute atomic E-state index is 0.381. The summed E-state index contributed by atoms with van der Waals surface area (Å²) in [5.74, 6) is -0.427. The van der Waals surface area contributed by atoms with Gasteiger partial charge in [0, 0.05) is 17.5 Å². The first kappa shape index (κ1) is 14.0. The third-order valence-corrected chi connectivity index (χ3v) is 3.39. The molecule has 0 aliphatic carbocycles. The molecule has 0 bridgehead atoms. The Morgan fingerprint density at radius 3 is 2.59 bits per heavy atom. The fraction of sp³-hybridized carbons (Fsp3) is 0.118. The van der Waals surface area contributed by atoms with Crippen LogP contribution in [0, 0.1) is 6.92 Å². The normalized spacial score (nSPS) is 10.5. The minimum atomic E-state index is -0.427. The van der Waals surface area contributed by atoms with Crippen molar-refractivity contribution in [3.8, 4) is 16.9 Å². The molecule has 1 aromatic carbocycles. The van der Waals surface area contributed by atoms with E-state index in [1.54, 1.807) is 16.9 Å². The van der Waals surface area contributed by atoms with Gasteiger partial charge in [-0.1, -0.05) is 18.2 Å². The number of hydrogen-bond donors (Lipinski definition) is 0. The van der Waals surface area contributed by atoms with Gasteiger partial charge in [0.1, 0.15) is 0 Å². The highest BCUT2D eigenvalue weighted by Crippen LogP contribution is 2.23. The number of hydrogen-bond acceptors (Lipinski definition) is 4. The number of esters is 1. The van der Waals surface area contributed by atoms with E-state index in [4.69, 9.17) is 4.74 Å². The summed E-state index contributed by atoms with van der Waals surface area (Å²) >= 11 is 0. The van der Waals surface area contributed by atoms with Crippen molar-refractivity contribution in [3.05, 3.63) is 66.1 Å². The average Bonchev–Trinajstić information content (AvgIpc) is 3.00. The van der Waals surface area contributed by atoms with Gasteiger partial charge in [-0.2, -0.15) is 5.10 Å². The van der Waals surface area contributed by atoms with Gasteiger partial charge >= 0.3 is 5.97 Å². The van der Waals surface area contributed by atoms with Crippen molar-refractivity contribution in [1.29, 1.82) is 0 Å². The number of aryl methyl sites for hydroxylation is 1. The maximum Gasteiger partial charge on any atom is 0.356 e. The Hall–Kier alpha value is -2.95. The lowest BCUT2D eigenvalue weighted by Gasteiger charge is -2.05. The minimum Gasteiger partial charge on any atom is -0.464 e. The summed E-state index contributed by atoms with van der Waals surface area (Å²) in [7, 11) is 1.36. The molecule has 0 aliphatic heterocycles. The van der Waals surface area contributed by atoms with E-state index in [1.165, 1.54) is 7.11 Å².